The normalized spacial score (nSPS) is 10.1. The summed E-state index contributed by atoms with van der Waals surface area (Å²) in [6, 6.07) is 8.25. The van der Waals surface area contributed by atoms with E-state index < -0.39 is 5.82 Å². The van der Waals surface area contributed by atoms with E-state index in [2.05, 4.69) is 21.2 Å². The Balaban J connectivity index is 2.16. The van der Waals surface area contributed by atoms with Crippen molar-refractivity contribution in [3.8, 4) is 6.07 Å². The molecular formula is C12H7BrClFN2S. The Labute approximate surface area is 121 Å². The fraction of sp³-hybridized carbons (Fsp3) is 0.0833. The van der Waals surface area contributed by atoms with Gasteiger partial charge in [0.15, 0.2) is 0 Å². The monoisotopic (exact) mass is 344 g/mol. The van der Waals surface area contributed by atoms with Gasteiger partial charge in [0, 0.05) is 15.9 Å². The third-order valence-corrected chi connectivity index (χ3v) is 4.75. The Hall–Kier alpha value is -1.09. The zero-order chi connectivity index (χ0) is 13.1. The minimum Gasteiger partial charge on any atom is -0.379 e. The molecule has 1 heterocycles. The predicted octanol–water partition coefficient (Wildman–Crippen LogP) is 4.79. The molecule has 2 rings (SSSR count). The van der Waals surface area contributed by atoms with E-state index in [-0.39, 0.29) is 5.56 Å². The smallest absolute Gasteiger partial charge is 0.143 e. The molecule has 0 atom stereocenters. The molecule has 0 fully saturated rings. The molecule has 1 aromatic heterocycles. The summed E-state index contributed by atoms with van der Waals surface area (Å²) in [5.74, 6) is -0.520. The van der Waals surface area contributed by atoms with Crippen molar-refractivity contribution >= 4 is 44.6 Å². The van der Waals surface area contributed by atoms with Crippen LogP contribution in [0.1, 0.15) is 10.4 Å². The molecule has 0 radical (unpaired) electrons. The number of thiophene rings is 1. The van der Waals surface area contributed by atoms with Crippen LogP contribution in [0.4, 0.5) is 10.1 Å². The van der Waals surface area contributed by atoms with Gasteiger partial charge < -0.3 is 5.32 Å². The van der Waals surface area contributed by atoms with E-state index in [1.165, 1.54) is 17.4 Å². The van der Waals surface area contributed by atoms with Gasteiger partial charge >= 0.3 is 0 Å². The van der Waals surface area contributed by atoms with Gasteiger partial charge in [0.05, 0.1) is 5.69 Å². The average Bonchev–Trinajstić information content (AvgIpc) is 2.66. The lowest BCUT2D eigenvalue weighted by Gasteiger charge is -2.07. The highest BCUT2D eigenvalue weighted by atomic mass is 79.9. The maximum absolute atomic E-state index is 13.4. The number of halogens is 3. The molecule has 0 bridgehead atoms. The van der Waals surface area contributed by atoms with Crippen molar-refractivity contribution in [3.63, 3.8) is 0 Å². The van der Waals surface area contributed by atoms with Crippen LogP contribution in [0.2, 0.25) is 4.34 Å². The minimum absolute atomic E-state index is 0.0271. The van der Waals surface area contributed by atoms with Crippen LogP contribution >= 0.6 is 38.9 Å². The standard InChI is InChI=1S/C12H7BrClFN2S/c13-9-4-7(18-12(9)14)6-17-11-3-1-2-10(15)8(11)5-16/h1-4,17H,6H2. The molecule has 1 N–H and O–H groups in total. The summed E-state index contributed by atoms with van der Waals surface area (Å²) >= 11 is 10.7. The highest BCUT2D eigenvalue weighted by molar-refractivity contribution is 9.10. The summed E-state index contributed by atoms with van der Waals surface area (Å²) in [5.41, 5.74) is 0.511. The van der Waals surface area contributed by atoms with E-state index in [1.807, 2.05) is 12.1 Å². The van der Waals surface area contributed by atoms with Crippen LogP contribution in [-0.2, 0) is 6.54 Å². The van der Waals surface area contributed by atoms with E-state index in [0.717, 1.165) is 9.35 Å². The first-order chi connectivity index (χ1) is 8.61. The Morgan fingerprint density at radius 3 is 2.89 bits per heavy atom. The van der Waals surface area contributed by atoms with E-state index in [4.69, 9.17) is 16.9 Å². The van der Waals surface area contributed by atoms with Gasteiger partial charge in [0.25, 0.3) is 0 Å². The molecule has 0 amide bonds. The molecule has 0 aliphatic carbocycles. The van der Waals surface area contributed by atoms with Gasteiger partial charge in [0.2, 0.25) is 0 Å². The number of hydrogen-bond acceptors (Lipinski definition) is 3. The fourth-order valence-corrected chi connectivity index (χ4v) is 3.18. The molecule has 0 aliphatic rings. The molecule has 92 valence electrons. The number of anilines is 1. The first-order valence-corrected chi connectivity index (χ1v) is 6.96. The zero-order valence-electron chi connectivity index (χ0n) is 9.01. The molecule has 18 heavy (non-hydrogen) atoms. The molecule has 2 aromatic rings. The zero-order valence-corrected chi connectivity index (χ0v) is 12.2. The van der Waals surface area contributed by atoms with Crippen molar-refractivity contribution in [1.82, 2.24) is 0 Å². The number of rotatable bonds is 3. The van der Waals surface area contributed by atoms with Crippen LogP contribution in [0.3, 0.4) is 0 Å². The molecule has 0 aliphatic heterocycles. The van der Waals surface area contributed by atoms with Crippen molar-refractivity contribution in [3.05, 3.63) is 49.3 Å². The fourth-order valence-electron chi connectivity index (χ4n) is 1.45. The van der Waals surface area contributed by atoms with Crippen LogP contribution in [0, 0.1) is 17.1 Å². The molecule has 0 saturated heterocycles. The Kier molecular flexibility index (Phi) is 4.23. The highest BCUT2D eigenvalue weighted by Crippen LogP contribution is 2.32. The van der Waals surface area contributed by atoms with E-state index in [1.54, 1.807) is 12.1 Å². The van der Waals surface area contributed by atoms with Gasteiger partial charge in [-0.1, -0.05) is 17.7 Å². The van der Waals surface area contributed by atoms with Gasteiger partial charge in [-0.3, -0.25) is 0 Å². The predicted molar refractivity (Wildman–Crippen MR) is 75.5 cm³/mol. The molecule has 0 saturated carbocycles. The maximum atomic E-state index is 13.4. The lowest BCUT2D eigenvalue weighted by Crippen LogP contribution is -2.01. The summed E-state index contributed by atoms with van der Waals surface area (Å²) < 4.78 is 14.9. The number of nitrogens with one attached hydrogen (secondary N) is 1. The molecule has 2 nitrogen and oxygen atoms in total. The summed E-state index contributed by atoms with van der Waals surface area (Å²) in [4.78, 5) is 1.00. The topological polar surface area (TPSA) is 35.8 Å². The SMILES string of the molecule is N#Cc1c(F)cccc1NCc1cc(Br)c(Cl)s1. The summed E-state index contributed by atoms with van der Waals surface area (Å²) in [5, 5.41) is 11.9. The number of nitrogens with zero attached hydrogens (tertiary/aromatic N) is 1. The van der Waals surface area contributed by atoms with Crippen LogP contribution in [0.15, 0.2) is 28.7 Å². The Morgan fingerprint density at radius 2 is 2.28 bits per heavy atom. The van der Waals surface area contributed by atoms with Crippen molar-refractivity contribution in [1.29, 1.82) is 5.26 Å². The van der Waals surface area contributed by atoms with Gasteiger partial charge in [-0.05, 0) is 34.1 Å². The minimum atomic E-state index is -0.520. The maximum Gasteiger partial charge on any atom is 0.143 e. The van der Waals surface area contributed by atoms with Gasteiger partial charge in [-0.25, -0.2) is 4.39 Å². The number of nitriles is 1. The first kappa shape index (κ1) is 13.3. The third kappa shape index (κ3) is 2.83. The Morgan fingerprint density at radius 1 is 1.50 bits per heavy atom. The van der Waals surface area contributed by atoms with E-state index in [9.17, 15) is 4.39 Å². The van der Waals surface area contributed by atoms with Crippen molar-refractivity contribution in [2.24, 2.45) is 0 Å². The molecular weight excluding hydrogens is 339 g/mol. The highest BCUT2D eigenvalue weighted by Gasteiger charge is 2.09. The molecule has 6 heteroatoms. The first-order valence-electron chi connectivity index (χ1n) is 4.98. The lowest BCUT2D eigenvalue weighted by atomic mass is 10.2. The second-order valence-electron chi connectivity index (χ2n) is 3.46. The van der Waals surface area contributed by atoms with Gasteiger partial charge in [0.1, 0.15) is 21.8 Å². The average molecular weight is 346 g/mol. The second kappa shape index (κ2) is 5.70. The van der Waals surface area contributed by atoms with Crippen molar-refractivity contribution in [2.45, 2.75) is 6.54 Å². The third-order valence-electron chi connectivity index (χ3n) is 2.27. The summed E-state index contributed by atoms with van der Waals surface area (Å²) in [6.45, 7) is 0.494. The molecule has 0 unspecified atom stereocenters. The summed E-state index contributed by atoms with van der Waals surface area (Å²) in [7, 11) is 0. The van der Waals surface area contributed by atoms with Crippen molar-refractivity contribution in [2.75, 3.05) is 5.32 Å². The Bertz CT molecular complexity index is 602. The molecule has 0 spiro atoms. The largest absolute Gasteiger partial charge is 0.379 e. The number of benzene rings is 1. The second-order valence-corrected chi connectivity index (χ2v) is 6.06. The van der Waals surface area contributed by atoms with Crippen LogP contribution in [0.5, 0.6) is 0 Å². The van der Waals surface area contributed by atoms with Crippen molar-refractivity contribution < 1.29 is 4.39 Å². The van der Waals surface area contributed by atoms with Gasteiger partial charge in [-0.2, -0.15) is 5.26 Å². The molecule has 1 aromatic carbocycles. The van der Waals surface area contributed by atoms with Crippen LogP contribution in [-0.4, -0.2) is 0 Å². The lowest BCUT2D eigenvalue weighted by molar-refractivity contribution is 0.624. The van der Waals surface area contributed by atoms with Crippen LogP contribution < -0.4 is 5.32 Å². The van der Waals surface area contributed by atoms with E-state index >= 15 is 0 Å². The van der Waals surface area contributed by atoms with Gasteiger partial charge in [-0.15, -0.1) is 11.3 Å². The number of hydrogen-bond donors (Lipinski definition) is 1. The quantitative estimate of drug-likeness (QED) is 0.868. The van der Waals surface area contributed by atoms with E-state index in [0.29, 0.717) is 16.6 Å². The van der Waals surface area contributed by atoms with Crippen LogP contribution in [0.25, 0.3) is 0 Å². The summed E-state index contributed by atoms with van der Waals surface area (Å²) in [6.07, 6.45) is 0.